The van der Waals surface area contributed by atoms with Crippen molar-refractivity contribution in [2.24, 2.45) is 0 Å². The molecule has 1 aliphatic rings. The normalized spacial score (nSPS) is 30.2. The lowest BCUT2D eigenvalue weighted by Gasteiger charge is -2.17. The summed E-state index contributed by atoms with van der Waals surface area (Å²) in [4.78, 5) is 4.30. The first-order chi connectivity index (χ1) is 9.52. The SMILES string of the molecule is Cc1cc2ncn([C@H]3O[C@H](CO)C(O)C3O)c2cc1C. The molecule has 6 nitrogen and oxygen atoms in total. The molecule has 6 heteroatoms. The van der Waals surface area contributed by atoms with Crippen LogP contribution in [0.25, 0.3) is 11.0 Å². The van der Waals surface area contributed by atoms with E-state index in [4.69, 9.17) is 9.84 Å². The second-order valence-corrected chi connectivity index (χ2v) is 5.31. The zero-order valence-corrected chi connectivity index (χ0v) is 11.4. The van der Waals surface area contributed by atoms with Crippen molar-refractivity contribution in [3.8, 4) is 0 Å². The van der Waals surface area contributed by atoms with Gasteiger partial charge in [-0.1, -0.05) is 0 Å². The molecule has 2 heterocycles. The first-order valence-electron chi connectivity index (χ1n) is 6.59. The van der Waals surface area contributed by atoms with Crippen LogP contribution in [0.1, 0.15) is 17.4 Å². The van der Waals surface area contributed by atoms with Crippen LogP contribution in [-0.4, -0.2) is 49.8 Å². The Bertz CT molecular complexity index is 639. The molecule has 1 aromatic heterocycles. The number of aliphatic hydroxyl groups is 3. The summed E-state index contributed by atoms with van der Waals surface area (Å²) in [5.41, 5.74) is 3.91. The number of aryl methyl sites for hydroxylation is 2. The molecule has 0 saturated carbocycles. The van der Waals surface area contributed by atoms with Crippen LogP contribution in [0.4, 0.5) is 0 Å². The van der Waals surface area contributed by atoms with Crippen molar-refractivity contribution in [2.45, 2.75) is 38.4 Å². The van der Waals surface area contributed by atoms with E-state index in [1.807, 2.05) is 26.0 Å². The van der Waals surface area contributed by atoms with Crippen LogP contribution in [0.5, 0.6) is 0 Å². The molecular formula is C14H18N2O4. The van der Waals surface area contributed by atoms with Gasteiger partial charge in [0, 0.05) is 0 Å². The van der Waals surface area contributed by atoms with Crippen molar-refractivity contribution >= 4 is 11.0 Å². The maximum atomic E-state index is 10.1. The van der Waals surface area contributed by atoms with Gasteiger partial charge in [-0.15, -0.1) is 0 Å². The highest BCUT2D eigenvalue weighted by Gasteiger charge is 2.43. The molecule has 1 aromatic carbocycles. The number of aromatic nitrogens is 2. The Morgan fingerprint density at radius 3 is 2.55 bits per heavy atom. The van der Waals surface area contributed by atoms with Gasteiger partial charge in [0.2, 0.25) is 0 Å². The Labute approximate surface area is 116 Å². The minimum atomic E-state index is -1.10. The summed E-state index contributed by atoms with van der Waals surface area (Å²) in [5, 5.41) is 29.1. The van der Waals surface area contributed by atoms with Crippen molar-refractivity contribution in [3.05, 3.63) is 29.6 Å². The van der Waals surface area contributed by atoms with Gasteiger partial charge in [0.05, 0.1) is 24.0 Å². The van der Waals surface area contributed by atoms with Gasteiger partial charge in [-0.25, -0.2) is 4.98 Å². The third-order valence-electron chi connectivity index (χ3n) is 3.98. The van der Waals surface area contributed by atoms with Crippen LogP contribution >= 0.6 is 0 Å². The van der Waals surface area contributed by atoms with E-state index in [-0.39, 0.29) is 6.61 Å². The predicted molar refractivity (Wildman–Crippen MR) is 72.2 cm³/mol. The van der Waals surface area contributed by atoms with Crippen LogP contribution in [-0.2, 0) is 4.74 Å². The largest absolute Gasteiger partial charge is 0.394 e. The van der Waals surface area contributed by atoms with Crippen molar-refractivity contribution in [2.75, 3.05) is 6.61 Å². The molecule has 20 heavy (non-hydrogen) atoms. The molecule has 0 spiro atoms. The van der Waals surface area contributed by atoms with E-state index in [0.29, 0.717) is 0 Å². The van der Waals surface area contributed by atoms with Gasteiger partial charge in [0.1, 0.15) is 18.3 Å². The Hall–Kier alpha value is -1.47. The van der Waals surface area contributed by atoms with E-state index >= 15 is 0 Å². The smallest absolute Gasteiger partial charge is 0.164 e. The van der Waals surface area contributed by atoms with Gasteiger partial charge >= 0.3 is 0 Å². The zero-order chi connectivity index (χ0) is 14.4. The fourth-order valence-electron chi connectivity index (χ4n) is 2.60. The zero-order valence-electron chi connectivity index (χ0n) is 11.4. The number of hydrogen-bond donors (Lipinski definition) is 3. The molecule has 108 valence electrons. The number of nitrogens with zero attached hydrogens (tertiary/aromatic N) is 2. The number of fused-ring (bicyclic) bond motifs is 1. The molecule has 0 radical (unpaired) electrons. The van der Waals surface area contributed by atoms with Gasteiger partial charge in [-0.2, -0.15) is 0 Å². The van der Waals surface area contributed by atoms with Crippen molar-refractivity contribution in [3.63, 3.8) is 0 Å². The lowest BCUT2D eigenvalue weighted by Crippen LogP contribution is -2.33. The molecule has 0 aliphatic carbocycles. The molecule has 0 bridgehead atoms. The molecule has 1 aliphatic heterocycles. The van der Waals surface area contributed by atoms with Gasteiger partial charge in [0.15, 0.2) is 6.23 Å². The number of imidazole rings is 1. The Kier molecular flexibility index (Phi) is 3.25. The molecule has 2 unspecified atom stereocenters. The fourth-order valence-corrected chi connectivity index (χ4v) is 2.60. The lowest BCUT2D eigenvalue weighted by molar-refractivity contribution is -0.0508. The summed E-state index contributed by atoms with van der Waals surface area (Å²) in [7, 11) is 0. The number of benzene rings is 1. The Balaban J connectivity index is 2.05. The van der Waals surface area contributed by atoms with Gasteiger partial charge in [0.25, 0.3) is 0 Å². The van der Waals surface area contributed by atoms with Gasteiger partial charge < -0.3 is 24.6 Å². The number of hydrogen-bond acceptors (Lipinski definition) is 5. The average molecular weight is 278 g/mol. The highest BCUT2D eigenvalue weighted by atomic mass is 16.6. The molecule has 3 N–H and O–H groups in total. The van der Waals surface area contributed by atoms with Crippen molar-refractivity contribution < 1.29 is 20.1 Å². The summed E-state index contributed by atoms with van der Waals surface area (Å²) < 4.78 is 7.23. The Morgan fingerprint density at radius 2 is 1.90 bits per heavy atom. The fraction of sp³-hybridized carbons (Fsp3) is 0.500. The minimum Gasteiger partial charge on any atom is -0.394 e. The van der Waals surface area contributed by atoms with Crippen molar-refractivity contribution in [1.29, 1.82) is 0 Å². The second-order valence-electron chi connectivity index (χ2n) is 5.31. The molecule has 1 fully saturated rings. The van der Waals surface area contributed by atoms with Crippen LogP contribution in [0.2, 0.25) is 0 Å². The van der Waals surface area contributed by atoms with E-state index < -0.39 is 24.5 Å². The van der Waals surface area contributed by atoms with Crippen LogP contribution in [0.3, 0.4) is 0 Å². The topological polar surface area (TPSA) is 87.7 Å². The number of rotatable bonds is 2. The molecule has 3 rings (SSSR count). The van der Waals surface area contributed by atoms with E-state index in [9.17, 15) is 10.2 Å². The summed E-state index contributed by atoms with van der Waals surface area (Å²) in [6.45, 7) is 3.68. The monoisotopic (exact) mass is 278 g/mol. The van der Waals surface area contributed by atoms with E-state index in [0.717, 1.165) is 22.2 Å². The number of ether oxygens (including phenoxy) is 1. The van der Waals surface area contributed by atoms with Gasteiger partial charge in [-0.3, -0.25) is 0 Å². The standard InChI is InChI=1S/C14H18N2O4/c1-7-3-9-10(4-8(7)2)16(6-15-9)14-13(19)12(18)11(5-17)20-14/h3-4,6,11-14,17-19H,5H2,1-2H3/t11-,12?,13?,14+/m1/s1. The van der Waals surface area contributed by atoms with Crippen LogP contribution < -0.4 is 0 Å². The maximum Gasteiger partial charge on any atom is 0.164 e. The van der Waals surface area contributed by atoms with E-state index in [1.165, 1.54) is 0 Å². The van der Waals surface area contributed by atoms with Gasteiger partial charge in [-0.05, 0) is 37.1 Å². The highest BCUT2D eigenvalue weighted by Crippen LogP contribution is 2.32. The van der Waals surface area contributed by atoms with Crippen LogP contribution in [0.15, 0.2) is 18.5 Å². The van der Waals surface area contributed by atoms with E-state index in [2.05, 4.69) is 4.98 Å². The first kappa shape index (κ1) is 13.5. The molecular weight excluding hydrogens is 260 g/mol. The quantitative estimate of drug-likeness (QED) is 0.733. The summed E-state index contributed by atoms with van der Waals surface area (Å²) in [6.07, 6.45) is -2.13. The second kappa shape index (κ2) is 4.82. The summed E-state index contributed by atoms with van der Waals surface area (Å²) in [5.74, 6) is 0. The maximum absolute atomic E-state index is 10.1. The lowest BCUT2D eigenvalue weighted by atomic mass is 10.1. The highest BCUT2D eigenvalue weighted by molar-refractivity contribution is 5.77. The third kappa shape index (κ3) is 1.92. The van der Waals surface area contributed by atoms with Crippen LogP contribution in [0, 0.1) is 13.8 Å². The predicted octanol–water partition coefficient (Wildman–Crippen LogP) is 0.265. The summed E-state index contributed by atoms with van der Waals surface area (Å²) >= 11 is 0. The molecule has 0 amide bonds. The molecule has 2 aromatic rings. The minimum absolute atomic E-state index is 0.334. The molecule has 1 saturated heterocycles. The third-order valence-corrected chi connectivity index (χ3v) is 3.98. The van der Waals surface area contributed by atoms with Crippen molar-refractivity contribution in [1.82, 2.24) is 9.55 Å². The average Bonchev–Trinajstić information content (AvgIpc) is 2.94. The summed E-state index contributed by atoms with van der Waals surface area (Å²) in [6, 6.07) is 3.95. The first-order valence-corrected chi connectivity index (χ1v) is 6.59. The Morgan fingerprint density at radius 1 is 1.20 bits per heavy atom. The molecule has 4 atom stereocenters. The van der Waals surface area contributed by atoms with E-state index in [1.54, 1.807) is 10.9 Å². The number of aliphatic hydroxyl groups excluding tert-OH is 3.